The quantitative estimate of drug-likeness (QED) is 0.886. The highest BCUT2D eigenvalue weighted by Crippen LogP contribution is 2.26. The fraction of sp³-hybridized carbons (Fsp3) is 0.455. The molecule has 0 aliphatic carbocycles. The summed E-state index contributed by atoms with van der Waals surface area (Å²) in [5.41, 5.74) is 6.29. The molecule has 0 spiro atoms. The molecular formula is C11H15ClF3NO. The fourth-order valence-electron chi connectivity index (χ4n) is 1.39. The Morgan fingerprint density at radius 1 is 1.35 bits per heavy atom. The summed E-state index contributed by atoms with van der Waals surface area (Å²) in [5.74, 6) is 0. The van der Waals surface area contributed by atoms with Crippen molar-refractivity contribution in [3.8, 4) is 0 Å². The largest absolute Gasteiger partial charge is 0.403 e. The smallest absolute Gasteiger partial charge is 0.388 e. The van der Waals surface area contributed by atoms with E-state index in [1.807, 2.05) is 0 Å². The molecule has 0 aromatic heterocycles. The Balaban J connectivity index is 0.00000256. The van der Waals surface area contributed by atoms with Gasteiger partial charge in [0, 0.05) is 6.42 Å². The molecule has 0 radical (unpaired) electrons. The molecule has 0 saturated carbocycles. The zero-order chi connectivity index (χ0) is 12.3. The zero-order valence-corrected chi connectivity index (χ0v) is 10.1. The number of hydrogen-bond acceptors (Lipinski definition) is 2. The van der Waals surface area contributed by atoms with E-state index in [1.54, 1.807) is 31.2 Å². The van der Waals surface area contributed by atoms with Crippen molar-refractivity contribution in [3.63, 3.8) is 0 Å². The number of hydrogen-bond donors (Lipinski definition) is 2. The summed E-state index contributed by atoms with van der Waals surface area (Å²) in [6, 6.07) is 4.73. The molecule has 0 bridgehead atoms. The van der Waals surface area contributed by atoms with Gasteiger partial charge >= 0.3 is 6.18 Å². The first-order valence-electron chi connectivity index (χ1n) is 4.87. The molecule has 0 heterocycles. The molecule has 2 atom stereocenters. The minimum Gasteiger partial charge on any atom is -0.388 e. The van der Waals surface area contributed by atoms with Crippen LogP contribution in [0.1, 0.15) is 23.7 Å². The van der Waals surface area contributed by atoms with Crippen LogP contribution in [0.25, 0.3) is 0 Å². The summed E-state index contributed by atoms with van der Waals surface area (Å²) in [4.78, 5) is 0. The number of halogens is 4. The first kappa shape index (κ1) is 16.2. The summed E-state index contributed by atoms with van der Waals surface area (Å²) in [7, 11) is 0. The van der Waals surface area contributed by atoms with Gasteiger partial charge in [0.1, 0.15) is 6.04 Å². The van der Waals surface area contributed by atoms with Gasteiger partial charge in [-0.1, -0.05) is 29.8 Å². The minimum absolute atomic E-state index is 0. The van der Waals surface area contributed by atoms with Crippen LogP contribution in [0.5, 0.6) is 0 Å². The van der Waals surface area contributed by atoms with Crippen molar-refractivity contribution in [1.82, 2.24) is 0 Å². The molecule has 3 N–H and O–H groups in total. The molecule has 0 fully saturated rings. The molecule has 17 heavy (non-hydrogen) atoms. The maximum absolute atomic E-state index is 12.2. The van der Waals surface area contributed by atoms with Crippen molar-refractivity contribution >= 4 is 12.4 Å². The molecular weight excluding hydrogens is 255 g/mol. The maximum atomic E-state index is 12.2. The van der Waals surface area contributed by atoms with Gasteiger partial charge in [0.15, 0.2) is 0 Å². The van der Waals surface area contributed by atoms with Crippen LogP contribution in [0.3, 0.4) is 0 Å². The molecule has 0 unspecified atom stereocenters. The second kappa shape index (κ2) is 6.23. The highest BCUT2D eigenvalue weighted by molar-refractivity contribution is 5.85. The summed E-state index contributed by atoms with van der Waals surface area (Å²) in [6.07, 6.45) is -6.17. The summed E-state index contributed by atoms with van der Waals surface area (Å²) >= 11 is 0. The summed E-state index contributed by atoms with van der Waals surface area (Å²) < 4.78 is 36.5. The molecule has 1 aromatic rings. The van der Waals surface area contributed by atoms with Crippen molar-refractivity contribution in [3.05, 3.63) is 35.4 Å². The van der Waals surface area contributed by atoms with Gasteiger partial charge in [0.05, 0.1) is 6.10 Å². The van der Waals surface area contributed by atoms with E-state index in [-0.39, 0.29) is 12.4 Å². The minimum atomic E-state index is -4.47. The van der Waals surface area contributed by atoms with Gasteiger partial charge in [-0.3, -0.25) is 0 Å². The number of rotatable bonds is 3. The second-order valence-corrected chi connectivity index (χ2v) is 3.81. The SMILES string of the molecule is Cc1cccc([C@H](O)C[C@H](N)C(F)(F)F)c1.Cl. The molecule has 1 aromatic carbocycles. The first-order valence-corrected chi connectivity index (χ1v) is 4.87. The van der Waals surface area contributed by atoms with E-state index < -0.39 is 24.7 Å². The van der Waals surface area contributed by atoms with Crippen molar-refractivity contribution in [2.24, 2.45) is 5.73 Å². The van der Waals surface area contributed by atoms with Crippen molar-refractivity contribution in [1.29, 1.82) is 0 Å². The molecule has 1 rings (SSSR count). The lowest BCUT2D eigenvalue weighted by atomic mass is 10.0. The molecule has 0 amide bonds. The van der Waals surface area contributed by atoms with Crippen LogP contribution in [0, 0.1) is 6.92 Å². The average molecular weight is 270 g/mol. The number of nitrogens with two attached hydrogens (primary N) is 1. The lowest BCUT2D eigenvalue weighted by molar-refractivity contribution is -0.153. The van der Waals surface area contributed by atoms with Gasteiger partial charge in [0.2, 0.25) is 0 Å². The van der Waals surface area contributed by atoms with E-state index in [1.165, 1.54) is 0 Å². The van der Waals surface area contributed by atoms with E-state index in [0.717, 1.165) is 5.56 Å². The van der Waals surface area contributed by atoms with Crippen LogP contribution in [-0.4, -0.2) is 17.3 Å². The molecule has 0 aliphatic heterocycles. The van der Waals surface area contributed by atoms with Crippen molar-refractivity contribution in [2.75, 3.05) is 0 Å². The Kier molecular flexibility index (Phi) is 5.95. The van der Waals surface area contributed by atoms with Gasteiger partial charge < -0.3 is 10.8 Å². The van der Waals surface area contributed by atoms with Crippen molar-refractivity contribution in [2.45, 2.75) is 31.7 Å². The summed E-state index contributed by atoms with van der Waals surface area (Å²) in [6.45, 7) is 1.81. The van der Waals surface area contributed by atoms with Crippen LogP contribution < -0.4 is 5.73 Å². The van der Waals surface area contributed by atoms with Gasteiger partial charge in [0.25, 0.3) is 0 Å². The Morgan fingerprint density at radius 3 is 2.41 bits per heavy atom. The van der Waals surface area contributed by atoms with Crippen LogP contribution in [-0.2, 0) is 0 Å². The Morgan fingerprint density at radius 2 is 1.94 bits per heavy atom. The Bertz CT molecular complexity index is 357. The zero-order valence-electron chi connectivity index (χ0n) is 9.24. The summed E-state index contributed by atoms with van der Waals surface area (Å²) in [5, 5.41) is 9.60. The van der Waals surface area contributed by atoms with Gasteiger partial charge in [-0.2, -0.15) is 13.2 Å². The highest BCUT2D eigenvalue weighted by atomic mass is 35.5. The monoisotopic (exact) mass is 269 g/mol. The molecule has 6 heteroatoms. The normalized spacial score (nSPS) is 14.9. The Hall–Kier alpha value is -0.780. The molecule has 0 aliphatic rings. The number of aliphatic hydroxyl groups is 1. The van der Waals surface area contributed by atoms with E-state index in [0.29, 0.717) is 5.56 Å². The third-order valence-electron chi connectivity index (χ3n) is 2.32. The first-order chi connectivity index (χ1) is 7.30. The lowest BCUT2D eigenvalue weighted by Gasteiger charge is -2.19. The van der Waals surface area contributed by atoms with E-state index in [4.69, 9.17) is 5.73 Å². The number of benzene rings is 1. The standard InChI is InChI=1S/C11H14F3NO.ClH/c1-7-3-2-4-8(5-7)9(16)6-10(15)11(12,13)14;/h2-5,9-10,16H,6,15H2,1H3;1H/t9-,10+;/m1./s1. The highest BCUT2D eigenvalue weighted by Gasteiger charge is 2.37. The fourth-order valence-corrected chi connectivity index (χ4v) is 1.39. The van der Waals surface area contributed by atoms with Gasteiger partial charge in [-0.15, -0.1) is 12.4 Å². The van der Waals surface area contributed by atoms with E-state index in [9.17, 15) is 18.3 Å². The van der Waals surface area contributed by atoms with Crippen LogP contribution in [0.4, 0.5) is 13.2 Å². The second-order valence-electron chi connectivity index (χ2n) is 3.81. The van der Waals surface area contributed by atoms with E-state index >= 15 is 0 Å². The molecule has 0 saturated heterocycles. The van der Waals surface area contributed by atoms with Crippen molar-refractivity contribution < 1.29 is 18.3 Å². The lowest BCUT2D eigenvalue weighted by Crippen LogP contribution is -2.38. The van der Waals surface area contributed by atoms with Crippen LogP contribution in [0.15, 0.2) is 24.3 Å². The van der Waals surface area contributed by atoms with Crippen LogP contribution in [0.2, 0.25) is 0 Å². The number of aryl methyl sites for hydroxylation is 1. The molecule has 98 valence electrons. The van der Waals surface area contributed by atoms with Gasteiger partial charge in [-0.05, 0) is 12.5 Å². The Labute approximate surface area is 104 Å². The average Bonchev–Trinajstić information content (AvgIpc) is 2.16. The third kappa shape index (κ3) is 4.93. The number of alkyl halides is 3. The topological polar surface area (TPSA) is 46.2 Å². The predicted molar refractivity (Wildman–Crippen MR) is 62.0 cm³/mol. The number of aliphatic hydroxyl groups excluding tert-OH is 1. The molecule has 2 nitrogen and oxygen atoms in total. The third-order valence-corrected chi connectivity index (χ3v) is 2.32. The van der Waals surface area contributed by atoms with Crippen LogP contribution >= 0.6 is 12.4 Å². The maximum Gasteiger partial charge on any atom is 0.403 e. The predicted octanol–water partition coefficient (Wildman–Crippen LogP) is 2.73. The van der Waals surface area contributed by atoms with E-state index in [2.05, 4.69) is 0 Å². The van der Waals surface area contributed by atoms with Gasteiger partial charge in [-0.25, -0.2) is 0 Å².